The van der Waals surface area contributed by atoms with E-state index in [9.17, 15) is 0 Å². The fraction of sp³-hybridized carbons (Fsp3) is 0.182. The van der Waals surface area contributed by atoms with E-state index < -0.39 is 0 Å². The Morgan fingerprint density at radius 3 is 3.05 bits per heavy atom. The van der Waals surface area contributed by atoms with Crippen molar-refractivity contribution in [2.75, 3.05) is 10.7 Å². The summed E-state index contributed by atoms with van der Waals surface area (Å²) in [5.41, 5.74) is 2.48. The molecule has 0 aliphatic heterocycles. The van der Waals surface area contributed by atoms with Gasteiger partial charge >= 0.3 is 0 Å². The number of nitrogens with zero attached hydrogens (tertiary/aromatic N) is 4. The third-order valence-electron chi connectivity index (χ3n) is 2.79. The Hall–Kier alpha value is -2.19. The highest BCUT2D eigenvalue weighted by Crippen LogP contribution is 2.26. The van der Waals surface area contributed by atoms with Crippen LogP contribution in [0.4, 0.5) is 11.8 Å². The van der Waals surface area contributed by atoms with Crippen LogP contribution in [0.3, 0.4) is 0 Å². The van der Waals surface area contributed by atoms with Crippen molar-refractivity contribution in [3.05, 3.63) is 29.7 Å². The first-order valence-electron chi connectivity index (χ1n) is 5.70. The first kappa shape index (κ1) is 11.9. The van der Waals surface area contributed by atoms with E-state index >= 15 is 0 Å². The van der Waals surface area contributed by atoms with E-state index in [2.05, 4.69) is 25.7 Å². The summed E-state index contributed by atoms with van der Waals surface area (Å²) in [4.78, 5) is 13.8. The highest BCUT2D eigenvalue weighted by atomic mass is 32.1. The summed E-state index contributed by atoms with van der Waals surface area (Å²) in [6, 6.07) is 1.99. The van der Waals surface area contributed by atoms with Gasteiger partial charge in [-0.05, 0) is 11.4 Å². The van der Waals surface area contributed by atoms with Gasteiger partial charge in [0.25, 0.3) is 0 Å². The standard InChI is InChI=1S/C11H13N7S/c1-18-4-3-13-8(18)6-14-9-7-2-5-19-10(7)16-11(15-9)17-12/h2-5H,6,12H2,1H3,(H2,14,15,16,17). The van der Waals surface area contributed by atoms with Gasteiger partial charge in [0.05, 0.1) is 11.9 Å². The van der Waals surface area contributed by atoms with Crippen LogP contribution in [0.2, 0.25) is 0 Å². The number of nitrogen functional groups attached to an aromatic ring is 1. The molecule has 4 N–H and O–H groups in total. The van der Waals surface area contributed by atoms with Crippen molar-refractivity contribution in [3.63, 3.8) is 0 Å². The van der Waals surface area contributed by atoms with Gasteiger partial charge in [-0.2, -0.15) is 4.98 Å². The van der Waals surface area contributed by atoms with Crippen LogP contribution in [-0.4, -0.2) is 19.5 Å². The number of nitrogens with two attached hydrogens (primary N) is 1. The second-order valence-electron chi connectivity index (χ2n) is 3.99. The highest BCUT2D eigenvalue weighted by Gasteiger charge is 2.09. The first-order valence-corrected chi connectivity index (χ1v) is 6.58. The zero-order valence-electron chi connectivity index (χ0n) is 10.3. The molecule has 0 aliphatic carbocycles. The molecule has 0 spiro atoms. The molecule has 8 heteroatoms. The van der Waals surface area contributed by atoms with Gasteiger partial charge in [-0.3, -0.25) is 5.43 Å². The summed E-state index contributed by atoms with van der Waals surface area (Å²) >= 11 is 1.55. The fourth-order valence-electron chi connectivity index (χ4n) is 1.78. The topological polar surface area (TPSA) is 93.7 Å². The van der Waals surface area contributed by atoms with Gasteiger partial charge in [-0.25, -0.2) is 15.8 Å². The zero-order valence-corrected chi connectivity index (χ0v) is 11.1. The van der Waals surface area contributed by atoms with Crippen molar-refractivity contribution in [3.8, 4) is 0 Å². The van der Waals surface area contributed by atoms with Crippen LogP contribution in [-0.2, 0) is 13.6 Å². The van der Waals surface area contributed by atoms with E-state index in [1.165, 1.54) is 0 Å². The van der Waals surface area contributed by atoms with Crippen molar-refractivity contribution in [2.24, 2.45) is 12.9 Å². The Morgan fingerprint density at radius 2 is 2.32 bits per heavy atom. The lowest BCUT2D eigenvalue weighted by Gasteiger charge is -2.08. The second kappa shape index (κ2) is 4.82. The number of nitrogens with one attached hydrogen (secondary N) is 2. The number of fused-ring (bicyclic) bond motifs is 1. The van der Waals surface area contributed by atoms with Crippen molar-refractivity contribution in [1.82, 2.24) is 19.5 Å². The Labute approximate surface area is 113 Å². The average Bonchev–Trinajstić information content (AvgIpc) is 3.04. The van der Waals surface area contributed by atoms with Gasteiger partial charge in [-0.1, -0.05) is 0 Å². The average molecular weight is 275 g/mol. The molecule has 0 aliphatic rings. The minimum Gasteiger partial charge on any atom is -0.362 e. The summed E-state index contributed by atoms with van der Waals surface area (Å²) in [5, 5.41) is 6.23. The molecule has 0 unspecified atom stereocenters. The smallest absolute Gasteiger partial charge is 0.240 e. The molecule has 3 heterocycles. The van der Waals surface area contributed by atoms with Crippen LogP contribution in [0.15, 0.2) is 23.8 Å². The Bertz CT molecular complexity index is 702. The van der Waals surface area contributed by atoms with Crippen molar-refractivity contribution < 1.29 is 0 Å². The summed E-state index contributed by atoms with van der Waals surface area (Å²) in [6.07, 6.45) is 3.67. The molecule has 98 valence electrons. The van der Waals surface area contributed by atoms with Gasteiger partial charge in [0, 0.05) is 19.4 Å². The molecule has 0 atom stereocenters. The molecule has 7 nitrogen and oxygen atoms in total. The molecule has 0 radical (unpaired) electrons. The van der Waals surface area contributed by atoms with Crippen molar-refractivity contribution >= 4 is 33.3 Å². The number of anilines is 2. The number of rotatable bonds is 4. The van der Waals surface area contributed by atoms with Gasteiger partial charge in [0.2, 0.25) is 5.95 Å². The Morgan fingerprint density at radius 1 is 1.42 bits per heavy atom. The van der Waals surface area contributed by atoms with E-state index in [0.29, 0.717) is 12.5 Å². The molecule has 0 bridgehead atoms. The largest absolute Gasteiger partial charge is 0.362 e. The molecular formula is C11H13N7S. The van der Waals surface area contributed by atoms with Crippen LogP contribution < -0.4 is 16.6 Å². The number of thiophene rings is 1. The Kier molecular flexibility index (Phi) is 3.02. The van der Waals surface area contributed by atoms with Crippen LogP contribution in [0.25, 0.3) is 10.2 Å². The summed E-state index contributed by atoms with van der Waals surface area (Å²) in [7, 11) is 1.96. The minimum absolute atomic E-state index is 0.400. The van der Waals surface area contributed by atoms with Gasteiger partial charge in [-0.15, -0.1) is 11.3 Å². The monoisotopic (exact) mass is 275 g/mol. The normalized spacial score (nSPS) is 10.8. The van der Waals surface area contributed by atoms with Crippen LogP contribution in [0.1, 0.15) is 5.82 Å². The maximum Gasteiger partial charge on any atom is 0.240 e. The summed E-state index contributed by atoms with van der Waals surface area (Å²) < 4.78 is 1.96. The molecular weight excluding hydrogens is 262 g/mol. The summed E-state index contributed by atoms with van der Waals surface area (Å²) in [6.45, 7) is 0.593. The quantitative estimate of drug-likeness (QED) is 0.491. The number of imidazole rings is 1. The minimum atomic E-state index is 0.400. The van der Waals surface area contributed by atoms with Crippen molar-refractivity contribution in [1.29, 1.82) is 0 Å². The van der Waals surface area contributed by atoms with E-state index in [1.807, 2.05) is 29.3 Å². The van der Waals surface area contributed by atoms with E-state index in [0.717, 1.165) is 21.9 Å². The number of aryl methyl sites for hydroxylation is 1. The number of hydrogen-bond donors (Lipinski definition) is 3. The predicted molar refractivity (Wildman–Crippen MR) is 75.8 cm³/mol. The maximum absolute atomic E-state index is 5.38. The lowest BCUT2D eigenvalue weighted by molar-refractivity contribution is 0.811. The molecule has 0 amide bonds. The molecule has 0 saturated heterocycles. The first-order chi connectivity index (χ1) is 9.28. The number of hydrogen-bond acceptors (Lipinski definition) is 7. The predicted octanol–water partition coefficient (Wildman–Crippen LogP) is 1.32. The van der Waals surface area contributed by atoms with Gasteiger partial charge in [0.1, 0.15) is 16.5 Å². The van der Waals surface area contributed by atoms with Gasteiger partial charge < -0.3 is 9.88 Å². The highest BCUT2D eigenvalue weighted by molar-refractivity contribution is 7.16. The second-order valence-corrected chi connectivity index (χ2v) is 4.88. The fourth-order valence-corrected chi connectivity index (χ4v) is 2.55. The van der Waals surface area contributed by atoms with E-state index in [-0.39, 0.29) is 0 Å². The number of aromatic nitrogens is 4. The molecule has 0 saturated carbocycles. The molecule has 0 aromatic carbocycles. The lowest BCUT2D eigenvalue weighted by Crippen LogP contribution is -2.12. The van der Waals surface area contributed by atoms with Gasteiger partial charge in [0.15, 0.2) is 0 Å². The maximum atomic E-state index is 5.38. The molecule has 0 fully saturated rings. The molecule has 3 rings (SSSR count). The van der Waals surface area contributed by atoms with Crippen molar-refractivity contribution in [2.45, 2.75) is 6.54 Å². The third kappa shape index (κ3) is 2.23. The van der Waals surface area contributed by atoms with E-state index in [1.54, 1.807) is 17.5 Å². The van der Waals surface area contributed by atoms with Crippen LogP contribution in [0.5, 0.6) is 0 Å². The van der Waals surface area contributed by atoms with Crippen LogP contribution >= 0.6 is 11.3 Å². The third-order valence-corrected chi connectivity index (χ3v) is 3.60. The Balaban J connectivity index is 1.91. The number of hydrazine groups is 1. The molecule has 19 heavy (non-hydrogen) atoms. The van der Waals surface area contributed by atoms with Crippen LogP contribution in [0, 0.1) is 0 Å². The molecule has 3 aromatic rings. The summed E-state index contributed by atoms with van der Waals surface area (Å²) in [5.74, 6) is 7.47. The molecule has 3 aromatic heterocycles. The zero-order chi connectivity index (χ0) is 13.2. The SMILES string of the molecule is Cn1ccnc1CNc1nc(NN)nc2sccc12. The lowest BCUT2D eigenvalue weighted by atomic mass is 10.4. The van der Waals surface area contributed by atoms with E-state index in [4.69, 9.17) is 5.84 Å².